The van der Waals surface area contributed by atoms with Crippen LogP contribution in [0.1, 0.15) is 26.3 Å². The van der Waals surface area contributed by atoms with E-state index >= 15 is 0 Å². The van der Waals surface area contributed by atoms with E-state index in [9.17, 15) is 4.79 Å². The molecule has 1 aromatic heterocycles. The Balaban J connectivity index is 2.04. The van der Waals surface area contributed by atoms with Crippen LogP contribution in [-0.4, -0.2) is 16.6 Å². The maximum Gasteiger partial charge on any atom is 0.325 e. The van der Waals surface area contributed by atoms with Gasteiger partial charge in [-0.2, -0.15) is 0 Å². The SMILES string of the molecule is Cc1cccc(Oc2ccncc2SNC(=O)NC(C)(C)C)c1. The molecule has 0 fully saturated rings. The number of pyridine rings is 1. The Kier molecular flexibility index (Phi) is 5.50. The third-order valence-corrected chi connectivity index (χ3v) is 3.52. The molecule has 0 atom stereocenters. The van der Waals surface area contributed by atoms with Gasteiger partial charge in [-0.3, -0.25) is 9.71 Å². The van der Waals surface area contributed by atoms with Crippen molar-refractivity contribution in [2.45, 2.75) is 38.1 Å². The molecule has 0 radical (unpaired) electrons. The van der Waals surface area contributed by atoms with Gasteiger partial charge in [0, 0.05) is 24.0 Å². The highest BCUT2D eigenvalue weighted by Gasteiger charge is 2.14. The quantitative estimate of drug-likeness (QED) is 0.821. The summed E-state index contributed by atoms with van der Waals surface area (Å²) in [4.78, 5) is 16.7. The molecule has 6 heteroatoms. The smallest absolute Gasteiger partial charge is 0.325 e. The van der Waals surface area contributed by atoms with Crippen LogP contribution in [0.2, 0.25) is 0 Å². The van der Waals surface area contributed by atoms with Gasteiger partial charge < -0.3 is 10.1 Å². The van der Waals surface area contributed by atoms with E-state index in [0.717, 1.165) is 16.2 Å². The summed E-state index contributed by atoms with van der Waals surface area (Å²) < 4.78 is 8.63. The average Bonchev–Trinajstić information content (AvgIpc) is 2.44. The van der Waals surface area contributed by atoms with Crippen molar-refractivity contribution in [1.82, 2.24) is 15.0 Å². The molecule has 2 N–H and O–H groups in total. The Morgan fingerprint density at radius 2 is 2.04 bits per heavy atom. The maximum absolute atomic E-state index is 11.8. The zero-order valence-corrected chi connectivity index (χ0v) is 14.5. The first-order chi connectivity index (χ1) is 10.8. The van der Waals surface area contributed by atoms with Gasteiger partial charge in [-0.25, -0.2) is 4.79 Å². The van der Waals surface area contributed by atoms with Crippen molar-refractivity contribution in [3.05, 3.63) is 48.3 Å². The van der Waals surface area contributed by atoms with Crippen molar-refractivity contribution in [2.24, 2.45) is 0 Å². The van der Waals surface area contributed by atoms with Gasteiger partial charge in [-0.05, 0) is 57.3 Å². The van der Waals surface area contributed by atoms with Crippen molar-refractivity contribution in [2.75, 3.05) is 0 Å². The van der Waals surface area contributed by atoms with Crippen molar-refractivity contribution in [3.63, 3.8) is 0 Å². The van der Waals surface area contributed by atoms with Crippen molar-refractivity contribution in [1.29, 1.82) is 0 Å². The molecule has 0 aliphatic carbocycles. The predicted molar refractivity (Wildman–Crippen MR) is 92.8 cm³/mol. The minimum Gasteiger partial charge on any atom is -0.456 e. The number of nitrogens with zero attached hydrogens (tertiary/aromatic N) is 1. The summed E-state index contributed by atoms with van der Waals surface area (Å²) in [6.45, 7) is 7.78. The third kappa shape index (κ3) is 5.83. The molecule has 2 aromatic rings. The minimum atomic E-state index is -0.291. The molecule has 1 aromatic carbocycles. The second kappa shape index (κ2) is 7.37. The molecule has 23 heavy (non-hydrogen) atoms. The molecule has 2 amide bonds. The number of ether oxygens (including phenoxy) is 1. The fraction of sp³-hybridized carbons (Fsp3) is 0.294. The second-order valence-electron chi connectivity index (χ2n) is 6.15. The summed E-state index contributed by atoms with van der Waals surface area (Å²) in [5, 5.41) is 2.83. The number of rotatable bonds is 4. The van der Waals surface area contributed by atoms with E-state index in [1.54, 1.807) is 18.5 Å². The number of aryl methyl sites for hydroxylation is 1. The van der Waals surface area contributed by atoms with Gasteiger partial charge in [-0.1, -0.05) is 12.1 Å². The first-order valence-electron chi connectivity index (χ1n) is 7.27. The molecule has 1 heterocycles. The van der Waals surface area contributed by atoms with Crippen LogP contribution in [0, 0.1) is 6.92 Å². The minimum absolute atomic E-state index is 0.257. The van der Waals surface area contributed by atoms with Crippen molar-refractivity contribution in [3.8, 4) is 11.5 Å². The predicted octanol–water partition coefficient (Wildman–Crippen LogP) is 4.29. The Morgan fingerprint density at radius 1 is 1.26 bits per heavy atom. The third-order valence-electron chi connectivity index (χ3n) is 2.71. The van der Waals surface area contributed by atoms with Crippen LogP contribution in [0.15, 0.2) is 47.6 Å². The second-order valence-corrected chi connectivity index (χ2v) is 7.00. The number of hydrogen-bond acceptors (Lipinski definition) is 4. The maximum atomic E-state index is 11.8. The Labute approximate surface area is 141 Å². The van der Waals surface area contributed by atoms with E-state index < -0.39 is 0 Å². The monoisotopic (exact) mass is 331 g/mol. The average molecular weight is 331 g/mol. The lowest BCUT2D eigenvalue weighted by molar-refractivity contribution is 0.238. The van der Waals surface area contributed by atoms with E-state index in [0.29, 0.717) is 5.75 Å². The number of carbonyl (C=O) groups is 1. The standard InChI is InChI=1S/C17H21N3O2S/c1-12-6-5-7-13(10-12)22-14-8-9-18-11-15(14)23-20-16(21)19-17(2,3)4/h5-11H,1-4H3,(H2,19,20,21). The van der Waals surface area contributed by atoms with Gasteiger partial charge in [0.1, 0.15) is 11.5 Å². The molecule has 0 unspecified atom stereocenters. The van der Waals surface area contributed by atoms with Gasteiger partial charge in [0.2, 0.25) is 0 Å². The zero-order valence-electron chi connectivity index (χ0n) is 13.7. The number of carbonyl (C=O) groups excluding carboxylic acids is 1. The molecule has 0 bridgehead atoms. The van der Waals surface area contributed by atoms with Crippen LogP contribution < -0.4 is 14.8 Å². The summed E-state index contributed by atoms with van der Waals surface area (Å²) >= 11 is 1.17. The lowest BCUT2D eigenvalue weighted by atomic mass is 10.1. The summed E-state index contributed by atoms with van der Waals surface area (Å²) in [5.41, 5.74) is 0.828. The summed E-state index contributed by atoms with van der Waals surface area (Å²) in [6, 6.07) is 9.30. The van der Waals surface area contributed by atoms with Gasteiger partial charge in [0.05, 0.1) is 4.90 Å². The number of aromatic nitrogens is 1. The Hall–Kier alpha value is -2.21. The van der Waals surface area contributed by atoms with Crippen molar-refractivity contribution >= 4 is 18.0 Å². The fourth-order valence-electron chi connectivity index (χ4n) is 1.80. The number of amides is 2. The van der Waals surface area contributed by atoms with Crippen LogP contribution in [0.25, 0.3) is 0 Å². The molecular formula is C17H21N3O2S. The largest absolute Gasteiger partial charge is 0.456 e. The lowest BCUT2D eigenvalue weighted by Crippen LogP contribution is -2.44. The van der Waals surface area contributed by atoms with Crippen LogP contribution in [0.3, 0.4) is 0 Å². The van der Waals surface area contributed by atoms with E-state index in [1.807, 2.05) is 52.0 Å². The highest BCUT2D eigenvalue weighted by molar-refractivity contribution is 7.98. The Morgan fingerprint density at radius 3 is 2.74 bits per heavy atom. The summed E-state index contributed by atoms with van der Waals surface area (Å²) in [6.07, 6.45) is 3.32. The summed E-state index contributed by atoms with van der Waals surface area (Å²) in [7, 11) is 0. The molecule has 0 aliphatic rings. The highest BCUT2D eigenvalue weighted by atomic mass is 32.2. The lowest BCUT2D eigenvalue weighted by Gasteiger charge is -2.20. The Bertz CT molecular complexity index is 684. The highest BCUT2D eigenvalue weighted by Crippen LogP contribution is 2.30. The van der Waals surface area contributed by atoms with Gasteiger partial charge in [-0.15, -0.1) is 0 Å². The molecule has 2 rings (SSSR count). The van der Waals surface area contributed by atoms with Crippen LogP contribution in [0.5, 0.6) is 11.5 Å². The number of hydrogen-bond donors (Lipinski definition) is 2. The molecule has 0 aliphatic heterocycles. The van der Waals surface area contributed by atoms with E-state index in [2.05, 4.69) is 15.0 Å². The van der Waals surface area contributed by atoms with Gasteiger partial charge >= 0.3 is 6.03 Å². The van der Waals surface area contributed by atoms with Crippen LogP contribution in [0.4, 0.5) is 4.79 Å². The molecule has 0 spiro atoms. The van der Waals surface area contributed by atoms with Crippen LogP contribution >= 0.6 is 11.9 Å². The van der Waals surface area contributed by atoms with Crippen molar-refractivity contribution < 1.29 is 9.53 Å². The van der Waals surface area contributed by atoms with Gasteiger partial charge in [0.25, 0.3) is 0 Å². The summed E-state index contributed by atoms with van der Waals surface area (Å²) in [5.74, 6) is 1.39. The normalized spacial score (nSPS) is 11.0. The van der Waals surface area contributed by atoms with Gasteiger partial charge in [0.15, 0.2) is 0 Å². The first-order valence-corrected chi connectivity index (χ1v) is 8.09. The molecule has 0 saturated carbocycles. The topological polar surface area (TPSA) is 63.2 Å². The first kappa shape index (κ1) is 17.1. The number of nitrogens with one attached hydrogen (secondary N) is 2. The molecular weight excluding hydrogens is 310 g/mol. The van der Waals surface area contributed by atoms with E-state index in [4.69, 9.17) is 4.74 Å². The fourth-order valence-corrected chi connectivity index (χ4v) is 2.38. The van der Waals surface area contributed by atoms with E-state index in [1.165, 1.54) is 11.9 Å². The molecule has 5 nitrogen and oxygen atoms in total. The number of benzene rings is 1. The number of urea groups is 1. The zero-order chi connectivity index (χ0) is 16.9. The molecule has 122 valence electrons. The molecule has 0 saturated heterocycles. The van der Waals surface area contributed by atoms with Crippen LogP contribution in [-0.2, 0) is 0 Å². The van der Waals surface area contributed by atoms with E-state index in [-0.39, 0.29) is 11.6 Å².